The highest BCUT2D eigenvalue weighted by atomic mass is 32.1. The van der Waals surface area contributed by atoms with Crippen LogP contribution in [0.2, 0.25) is 0 Å². The lowest BCUT2D eigenvalue weighted by atomic mass is 10.2. The second-order valence-electron chi connectivity index (χ2n) is 2.24. The summed E-state index contributed by atoms with van der Waals surface area (Å²) in [4.78, 5) is 1.11. The molecule has 0 amide bonds. The Hall–Kier alpha value is -0.640. The van der Waals surface area contributed by atoms with Crippen molar-refractivity contribution in [2.45, 2.75) is 18.7 Å². The molecule has 12 heavy (non-hydrogen) atoms. The van der Waals surface area contributed by atoms with Gasteiger partial charge >= 0.3 is 0 Å². The summed E-state index contributed by atoms with van der Waals surface area (Å²) in [7, 11) is 0. The van der Waals surface area contributed by atoms with Gasteiger partial charge in [-0.05, 0) is 25.0 Å². The summed E-state index contributed by atoms with van der Waals surface area (Å²) in [6, 6.07) is 6.18. The van der Waals surface area contributed by atoms with Crippen molar-refractivity contribution in [2.24, 2.45) is 0 Å². The highest BCUT2D eigenvalue weighted by Gasteiger charge is 1.92. The van der Waals surface area contributed by atoms with E-state index in [1.807, 2.05) is 6.07 Å². The Morgan fingerprint density at radius 1 is 0.917 bits per heavy atom. The average Bonchev–Trinajstić information content (AvgIpc) is 1.83. The van der Waals surface area contributed by atoms with Gasteiger partial charge in [0.1, 0.15) is 0 Å². The van der Waals surface area contributed by atoms with Gasteiger partial charge in [-0.25, -0.2) is 0 Å². The Morgan fingerprint density at radius 3 is 1.50 bits per heavy atom. The predicted molar refractivity (Wildman–Crippen MR) is 50.7 cm³/mol. The van der Waals surface area contributed by atoms with Crippen LogP contribution in [0, 0.1) is 13.8 Å². The smallest absolute Gasteiger partial charge is 0.00985 e. The zero-order valence-electron chi connectivity index (χ0n) is 6.90. The molecule has 0 aliphatic heterocycles. The van der Waals surface area contributed by atoms with Crippen molar-refractivity contribution in [1.82, 2.24) is 0 Å². The molecule has 0 aliphatic carbocycles. The molecule has 1 aromatic carbocycles. The molecule has 72 valence electrons. The van der Waals surface area contributed by atoms with Crippen LogP contribution >= 0.6 is 12.6 Å². The van der Waals surface area contributed by atoms with Crippen LogP contribution in [0.5, 0.6) is 0 Å². The Balaban J connectivity index is -0.000000270. The molecule has 4 heteroatoms. The second kappa shape index (κ2) is 7.03. The minimum Gasteiger partial charge on any atom is -0.269 e. The standard InChI is InChI=1S/C8H10S.3FH/c1-6-4-3-5-7(2)8(6)9;;;/h3-5,9H,1-2H3;3*1H. The first-order chi connectivity index (χ1) is 4.22. The molecule has 0 atom stereocenters. The van der Waals surface area contributed by atoms with E-state index in [0.717, 1.165) is 4.90 Å². The van der Waals surface area contributed by atoms with Crippen molar-refractivity contribution in [3.8, 4) is 0 Å². The maximum Gasteiger partial charge on any atom is 0.00985 e. The summed E-state index contributed by atoms with van der Waals surface area (Å²) >= 11 is 4.31. The van der Waals surface area contributed by atoms with Gasteiger partial charge in [0.15, 0.2) is 0 Å². The first-order valence-electron chi connectivity index (χ1n) is 2.97. The fraction of sp³-hybridized carbons (Fsp3) is 0.250. The summed E-state index contributed by atoms with van der Waals surface area (Å²) < 4.78 is 0. The first-order valence-corrected chi connectivity index (χ1v) is 3.41. The van der Waals surface area contributed by atoms with Gasteiger partial charge in [-0.1, -0.05) is 18.2 Å². The number of halogens is 3. The van der Waals surface area contributed by atoms with Crippen LogP contribution in [0.25, 0.3) is 0 Å². The minimum atomic E-state index is 0. The monoisotopic (exact) mass is 198 g/mol. The van der Waals surface area contributed by atoms with Crippen molar-refractivity contribution in [3.63, 3.8) is 0 Å². The molecule has 0 aliphatic rings. The van der Waals surface area contributed by atoms with E-state index in [9.17, 15) is 0 Å². The van der Waals surface area contributed by atoms with Crippen molar-refractivity contribution in [3.05, 3.63) is 29.3 Å². The average molecular weight is 198 g/mol. The molecule has 0 spiro atoms. The topological polar surface area (TPSA) is 0 Å². The first kappa shape index (κ1) is 17.4. The Labute approximate surface area is 75.5 Å². The van der Waals surface area contributed by atoms with Crippen LogP contribution in [0.15, 0.2) is 23.1 Å². The molecule has 0 N–H and O–H groups in total. The van der Waals surface area contributed by atoms with E-state index in [1.54, 1.807) is 0 Å². The maximum absolute atomic E-state index is 4.31. The summed E-state index contributed by atoms with van der Waals surface area (Å²) in [6.45, 7) is 4.13. The number of aryl methyl sites for hydroxylation is 2. The van der Waals surface area contributed by atoms with E-state index in [1.165, 1.54) is 11.1 Å². The molecule has 0 fully saturated rings. The van der Waals surface area contributed by atoms with E-state index < -0.39 is 0 Å². The van der Waals surface area contributed by atoms with E-state index in [-0.39, 0.29) is 14.1 Å². The summed E-state index contributed by atoms with van der Waals surface area (Å²) in [6.07, 6.45) is 0. The molecule has 0 heterocycles. The van der Waals surface area contributed by atoms with E-state index in [4.69, 9.17) is 0 Å². The molecule has 0 unspecified atom stereocenters. The largest absolute Gasteiger partial charge is 0.269 e. The Morgan fingerprint density at radius 2 is 1.25 bits per heavy atom. The van der Waals surface area contributed by atoms with Crippen LogP contribution in [0.1, 0.15) is 11.1 Å². The Kier molecular flexibility index (Phi) is 10.2. The summed E-state index contributed by atoms with van der Waals surface area (Å²) in [5.74, 6) is 0. The molecule has 0 saturated heterocycles. The SMILES string of the molecule is Cc1cccc(C)c1S.F.F.F. The molecule has 0 bridgehead atoms. The van der Waals surface area contributed by atoms with Gasteiger partial charge < -0.3 is 0 Å². The second-order valence-corrected chi connectivity index (χ2v) is 2.69. The third kappa shape index (κ3) is 3.67. The third-order valence-electron chi connectivity index (χ3n) is 1.44. The van der Waals surface area contributed by atoms with Gasteiger partial charge in [0.2, 0.25) is 0 Å². The van der Waals surface area contributed by atoms with E-state index >= 15 is 0 Å². The number of hydrogen-bond donors (Lipinski definition) is 1. The number of hydrogen-bond acceptors (Lipinski definition) is 1. The normalized spacial score (nSPS) is 7.25. The van der Waals surface area contributed by atoms with Crippen LogP contribution in [0.4, 0.5) is 14.1 Å². The van der Waals surface area contributed by atoms with Gasteiger partial charge in [0, 0.05) is 4.90 Å². The number of rotatable bonds is 0. The molecular weight excluding hydrogens is 185 g/mol. The molecule has 0 saturated carbocycles. The van der Waals surface area contributed by atoms with Crippen LogP contribution in [0.3, 0.4) is 0 Å². The van der Waals surface area contributed by atoms with Crippen molar-refractivity contribution in [1.29, 1.82) is 0 Å². The summed E-state index contributed by atoms with van der Waals surface area (Å²) in [5, 5.41) is 0. The summed E-state index contributed by atoms with van der Waals surface area (Å²) in [5.41, 5.74) is 2.50. The van der Waals surface area contributed by atoms with E-state index in [2.05, 4.69) is 38.6 Å². The van der Waals surface area contributed by atoms with Crippen molar-refractivity contribution in [2.75, 3.05) is 0 Å². The lowest BCUT2D eigenvalue weighted by molar-refractivity contribution is 1.11. The van der Waals surface area contributed by atoms with Crippen molar-refractivity contribution >= 4 is 12.6 Å². The van der Waals surface area contributed by atoms with Crippen LogP contribution < -0.4 is 0 Å². The molecule has 0 radical (unpaired) electrons. The van der Waals surface area contributed by atoms with E-state index in [0.29, 0.717) is 0 Å². The molecular formula is C8H13F3S. The highest BCUT2D eigenvalue weighted by molar-refractivity contribution is 7.80. The zero-order valence-corrected chi connectivity index (χ0v) is 7.80. The molecule has 0 nitrogen and oxygen atoms in total. The maximum atomic E-state index is 4.31. The fourth-order valence-corrected chi connectivity index (χ4v) is 0.955. The predicted octanol–water partition coefficient (Wildman–Crippen LogP) is 3.05. The number of thiol groups is 1. The van der Waals surface area contributed by atoms with Gasteiger partial charge in [0.05, 0.1) is 0 Å². The van der Waals surface area contributed by atoms with Crippen LogP contribution in [-0.4, -0.2) is 0 Å². The Bertz CT molecular complexity index is 205. The van der Waals surface area contributed by atoms with Gasteiger partial charge in [0.25, 0.3) is 0 Å². The highest BCUT2D eigenvalue weighted by Crippen LogP contribution is 2.16. The fourth-order valence-electron chi connectivity index (χ4n) is 0.806. The molecule has 1 rings (SSSR count). The zero-order chi connectivity index (χ0) is 6.85. The van der Waals surface area contributed by atoms with Gasteiger partial charge in [-0.2, -0.15) is 0 Å². The van der Waals surface area contributed by atoms with Gasteiger partial charge in [-0.3, -0.25) is 14.1 Å². The lowest BCUT2D eigenvalue weighted by Crippen LogP contribution is -1.78. The molecule has 1 aromatic rings. The van der Waals surface area contributed by atoms with Crippen molar-refractivity contribution < 1.29 is 14.1 Å². The lowest BCUT2D eigenvalue weighted by Gasteiger charge is -1.99. The minimum absolute atomic E-state index is 0. The third-order valence-corrected chi connectivity index (χ3v) is 2.14. The quantitative estimate of drug-likeness (QED) is 0.608. The van der Waals surface area contributed by atoms with Gasteiger partial charge in [-0.15, -0.1) is 12.6 Å². The molecule has 0 aromatic heterocycles. The number of benzene rings is 1. The van der Waals surface area contributed by atoms with Crippen LogP contribution in [-0.2, 0) is 0 Å².